The molecule has 0 aliphatic carbocycles. The number of aliphatic carboxylic acids is 1. The van der Waals surface area contributed by atoms with Gasteiger partial charge in [0.25, 0.3) is 5.91 Å². The summed E-state index contributed by atoms with van der Waals surface area (Å²) in [7, 11) is 2.12. The normalized spacial score (nSPS) is 23.7. The van der Waals surface area contributed by atoms with Gasteiger partial charge in [-0.15, -0.1) is 11.3 Å². The zero-order valence-corrected chi connectivity index (χ0v) is 15.3. The third kappa shape index (κ3) is 5.42. The fourth-order valence-corrected chi connectivity index (χ4v) is 3.79. The molecule has 146 valence electrons. The third-order valence-corrected chi connectivity index (χ3v) is 5.24. The molecule has 0 aromatic carbocycles. The van der Waals surface area contributed by atoms with Gasteiger partial charge in [0.2, 0.25) is 0 Å². The Morgan fingerprint density at radius 2 is 1.96 bits per heavy atom. The second-order valence-corrected chi connectivity index (χ2v) is 7.34. The molecule has 0 saturated carbocycles. The first-order valence-electron chi connectivity index (χ1n) is 8.02. The number of amides is 1. The maximum absolute atomic E-state index is 12.4. The molecule has 2 fully saturated rings. The van der Waals surface area contributed by atoms with Gasteiger partial charge in [0.1, 0.15) is 0 Å². The van der Waals surface area contributed by atoms with Crippen molar-refractivity contribution < 1.29 is 32.6 Å². The maximum Gasteiger partial charge on any atom is 0.490 e. The van der Waals surface area contributed by atoms with E-state index < -0.39 is 12.1 Å². The lowest BCUT2D eigenvalue weighted by molar-refractivity contribution is -0.192. The van der Waals surface area contributed by atoms with Crippen LogP contribution < -0.4 is 0 Å². The first-order chi connectivity index (χ1) is 12.1. The van der Waals surface area contributed by atoms with Gasteiger partial charge in [-0.2, -0.15) is 13.2 Å². The van der Waals surface area contributed by atoms with E-state index in [0.29, 0.717) is 5.92 Å². The number of carboxylic acids is 1. The van der Waals surface area contributed by atoms with Crippen molar-refractivity contribution >= 4 is 23.2 Å². The van der Waals surface area contributed by atoms with Crippen molar-refractivity contribution in [1.29, 1.82) is 0 Å². The molecule has 2 atom stereocenters. The van der Waals surface area contributed by atoms with Crippen molar-refractivity contribution in [3.8, 4) is 0 Å². The van der Waals surface area contributed by atoms with Crippen molar-refractivity contribution in [2.75, 3.05) is 39.8 Å². The number of halogens is 3. The maximum atomic E-state index is 12.4. The summed E-state index contributed by atoms with van der Waals surface area (Å²) in [6, 6.07) is 1.98. The molecule has 1 N–H and O–H groups in total. The van der Waals surface area contributed by atoms with Gasteiger partial charge in [-0.25, -0.2) is 4.79 Å². The lowest BCUT2D eigenvalue weighted by Crippen LogP contribution is -2.31. The Labute approximate surface area is 153 Å². The average Bonchev–Trinajstić information content (AvgIpc) is 3.09. The quantitative estimate of drug-likeness (QED) is 0.790. The molecule has 2 saturated heterocycles. The molecular weight excluding hydrogens is 373 g/mol. The Bertz CT molecular complexity index is 650. The number of fused-ring (bicyclic) bond motifs is 1. The van der Waals surface area contributed by atoms with Gasteiger partial charge in [-0.3, -0.25) is 4.79 Å². The highest BCUT2D eigenvalue weighted by molar-refractivity contribution is 7.12. The fraction of sp³-hybridized carbons (Fsp3) is 0.625. The minimum absolute atomic E-state index is 0.164. The van der Waals surface area contributed by atoms with Crippen LogP contribution in [0.3, 0.4) is 0 Å². The molecular formula is C16H21F3N2O4S. The van der Waals surface area contributed by atoms with E-state index in [0.717, 1.165) is 43.2 Å². The number of carboxylic acid groups (broad SMARTS) is 1. The number of alkyl halides is 3. The van der Waals surface area contributed by atoms with E-state index in [2.05, 4.69) is 11.9 Å². The van der Waals surface area contributed by atoms with Crippen LogP contribution in [0, 0.1) is 12.8 Å². The lowest BCUT2D eigenvalue weighted by Gasteiger charge is -2.18. The third-order valence-electron chi connectivity index (χ3n) is 4.20. The summed E-state index contributed by atoms with van der Waals surface area (Å²) in [4.78, 5) is 26.4. The van der Waals surface area contributed by atoms with Crippen molar-refractivity contribution in [3.63, 3.8) is 0 Å². The second-order valence-electron chi connectivity index (χ2n) is 6.43. The van der Waals surface area contributed by atoms with Crippen LogP contribution in [-0.2, 0) is 9.53 Å². The largest absolute Gasteiger partial charge is 0.490 e. The number of thiophene rings is 1. The molecule has 3 heterocycles. The highest BCUT2D eigenvalue weighted by Gasteiger charge is 2.39. The van der Waals surface area contributed by atoms with E-state index in [1.807, 2.05) is 23.3 Å². The summed E-state index contributed by atoms with van der Waals surface area (Å²) in [5.41, 5.74) is 1.16. The monoisotopic (exact) mass is 394 g/mol. The number of carbonyl (C=O) groups excluding carboxylic acids is 1. The molecule has 3 rings (SSSR count). The molecule has 0 spiro atoms. The van der Waals surface area contributed by atoms with Crippen molar-refractivity contribution in [2.24, 2.45) is 5.92 Å². The molecule has 2 aliphatic rings. The molecule has 6 nitrogen and oxygen atoms in total. The standard InChI is InChI=1S/C14H20N2O2S.C2HF3O2/c1-10-5-13(19-9-10)14(17)16-7-11-6-15(2)3-4-18-12(11)8-16;3-2(4,5)1(6)7/h5,9,11-12H,3-4,6-8H2,1-2H3;(H,6,7)/t11-,12+;/m0./s1. The number of likely N-dealkylation sites (tertiary alicyclic amines) is 1. The molecule has 26 heavy (non-hydrogen) atoms. The summed E-state index contributed by atoms with van der Waals surface area (Å²) in [5, 5.41) is 9.16. The Balaban J connectivity index is 0.000000298. The van der Waals surface area contributed by atoms with Gasteiger partial charge in [-0.05, 0) is 31.0 Å². The van der Waals surface area contributed by atoms with Gasteiger partial charge >= 0.3 is 12.1 Å². The van der Waals surface area contributed by atoms with E-state index in [1.165, 1.54) is 11.3 Å². The van der Waals surface area contributed by atoms with E-state index in [1.54, 1.807) is 0 Å². The zero-order valence-electron chi connectivity index (χ0n) is 14.5. The number of nitrogens with zero attached hydrogens (tertiary/aromatic N) is 2. The summed E-state index contributed by atoms with van der Waals surface area (Å²) >= 11 is 1.54. The van der Waals surface area contributed by atoms with Crippen LogP contribution in [0.1, 0.15) is 15.2 Å². The van der Waals surface area contributed by atoms with Crippen molar-refractivity contribution in [3.05, 3.63) is 21.9 Å². The van der Waals surface area contributed by atoms with Crippen LogP contribution in [0.25, 0.3) is 0 Å². The highest BCUT2D eigenvalue weighted by Crippen LogP contribution is 2.26. The van der Waals surface area contributed by atoms with Crippen molar-refractivity contribution in [2.45, 2.75) is 19.2 Å². The molecule has 0 radical (unpaired) electrons. The number of likely N-dealkylation sites (N-methyl/N-ethyl adjacent to an activating group) is 1. The summed E-state index contributed by atoms with van der Waals surface area (Å²) in [6.45, 7) is 6.39. The van der Waals surface area contributed by atoms with Crippen LogP contribution in [0.5, 0.6) is 0 Å². The van der Waals surface area contributed by atoms with E-state index >= 15 is 0 Å². The SMILES string of the molecule is Cc1csc(C(=O)N2C[C@@H]3CN(C)CCO[C@@H]3C2)c1.O=C(O)C(F)(F)F. The van der Waals surface area contributed by atoms with Crippen LogP contribution >= 0.6 is 11.3 Å². The number of carbonyl (C=O) groups is 2. The summed E-state index contributed by atoms with van der Waals surface area (Å²) < 4.78 is 37.6. The van der Waals surface area contributed by atoms with Gasteiger partial charge in [-0.1, -0.05) is 0 Å². The summed E-state index contributed by atoms with van der Waals surface area (Å²) in [6.07, 6.45) is -4.87. The minimum Gasteiger partial charge on any atom is -0.475 e. The van der Waals surface area contributed by atoms with Crippen LogP contribution in [0.4, 0.5) is 13.2 Å². The Morgan fingerprint density at radius 3 is 2.50 bits per heavy atom. The van der Waals surface area contributed by atoms with E-state index in [9.17, 15) is 18.0 Å². The second kappa shape index (κ2) is 8.36. The highest BCUT2D eigenvalue weighted by atomic mass is 32.1. The number of rotatable bonds is 1. The number of hydrogen-bond donors (Lipinski definition) is 1. The van der Waals surface area contributed by atoms with Gasteiger partial charge < -0.3 is 19.6 Å². The Morgan fingerprint density at radius 1 is 1.31 bits per heavy atom. The smallest absolute Gasteiger partial charge is 0.475 e. The van der Waals surface area contributed by atoms with E-state index in [4.69, 9.17) is 14.6 Å². The topological polar surface area (TPSA) is 70.1 Å². The zero-order chi connectivity index (χ0) is 19.5. The van der Waals surface area contributed by atoms with Gasteiger partial charge in [0.15, 0.2) is 0 Å². The van der Waals surface area contributed by atoms with Gasteiger partial charge in [0, 0.05) is 32.1 Å². The molecule has 0 bridgehead atoms. The molecule has 1 amide bonds. The average molecular weight is 394 g/mol. The number of aryl methyl sites for hydroxylation is 1. The first kappa shape index (κ1) is 20.7. The number of ether oxygens (including phenoxy) is 1. The lowest BCUT2D eigenvalue weighted by atomic mass is 10.1. The molecule has 10 heteroatoms. The van der Waals surface area contributed by atoms with Crippen LogP contribution in [0.2, 0.25) is 0 Å². The Hall–Kier alpha value is -1.65. The van der Waals surface area contributed by atoms with E-state index in [-0.39, 0.29) is 12.0 Å². The molecule has 0 unspecified atom stereocenters. The minimum atomic E-state index is -5.08. The Kier molecular flexibility index (Phi) is 6.64. The van der Waals surface area contributed by atoms with Gasteiger partial charge in [0.05, 0.1) is 17.6 Å². The predicted octanol–water partition coefficient (Wildman–Crippen LogP) is 2.09. The molecule has 1 aromatic heterocycles. The fourth-order valence-electron chi connectivity index (χ4n) is 2.92. The molecule has 2 aliphatic heterocycles. The number of hydrogen-bond acceptors (Lipinski definition) is 5. The van der Waals surface area contributed by atoms with Crippen LogP contribution in [-0.4, -0.2) is 78.9 Å². The summed E-state index contributed by atoms with van der Waals surface area (Å²) in [5.74, 6) is -2.14. The first-order valence-corrected chi connectivity index (χ1v) is 8.90. The van der Waals surface area contributed by atoms with Crippen LogP contribution in [0.15, 0.2) is 11.4 Å². The predicted molar refractivity (Wildman–Crippen MR) is 89.4 cm³/mol. The van der Waals surface area contributed by atoms with Crippen molar-refractivity contribution in [1.82, 2.24) is 9.80 Å². The molecule has 1 aromatic rings.